The predicted molar refractivity (Wildman–Crippen MR) is 134 cm³/mol. The third kappa shape index (κ3) is 6.84. The van der Waals surface area contributed by atoms with Gasteiger partial charge >= 0.3 is 5.97 Å². The second kappa shape index (κ2) is 11.5. The molecule has 1 aromatic rings. The van der Waals surface area contributed by atoms with Gasteiger partial charge in [-0.2, -0.15) is 0 Å². The molecule has 192 valence electrons. The average Bonchev–Trinajstić information content (AvgIpc) is 3.25. The summed E-state index contributed by atoms with van der Waals surface area (Å²) in [7, 11) is 0. The van der Waals surface area contributed by atoms with Gasteiger partial charge in [-0.3, -0.25) is 14.5 Å². The molecule has 8 nitrogen and oxygen atoms in total. The summed E-state index contributed by atoms with van der Waals surface area (Å²) in [6.45, 7) is 8.88. The first-order chi connectivity index (χ1) is 16.5. The van der Waals surface area contributed by atoms with Crippen molar-refractivity contribution in [2.75, 3.05) is 37.8 Å². The van der Waals surface area contributed by atoms with E-state index >= 15 is 0 Å². The Labute approximate surface area is 211 Å². The monoisotopic (exact) mass is 504 g/mol. The molecule has 2 amide bonds. The Bertz CT molecular complexity index is 988. The number of aromatic carboxylic acids is 1. The fourth-order valence-corrected chi connectivity index (χ4v) is 5.27. The van der Waals surface area contributed by atoms with E-state index in [0.29, 0.717) is 49.9 Å². The molecule has 2 fully saturated rings. The lowest BCUT2D eigenvalue weighted by molar-refractivity contribution is -0.140. The second-order valence-corrected chi connectivity index (χ2v) is 11.5. The standard InChI is InChI=1S/C26H36N2O6S/c1-17-5-7-18(8-6-17)23(30)28(21(16-29)24(31)27-11-13-34-14-12-27)20-15-19(9-10-26(2,3)4)35-22(20)25(32)33/h15,17-18,21,29H,5-8,11-14,16H2,1-4H3,(H,32,33)/t17-,18-,21-/m0/s1. The molecule has 1 aliphatic heterocycles. The van der Waals surface area contributed by atoms with Crippen molar-refractivity contribution in [2.45, 2.75) is 59.4 Å². The minimum absolute atomic E-state index is 0.0611. The van der Waals surface area contributed by atoms with Crippen LogP contribution in [0.2, 0.25) is 0 Å². The van der Waals surface area contributed by atoms with Crippen LogP contribution in [-0.4, -0.2) is 71.8 Å². The van der Waals surface area contributed by atoms with E-state index in [-0.39, 0.29) is 27.8 Å². The molecule has 0 aromatic carbocycles. The predicted octanol–water partition coefficient (Wildman–Crippen LogP) is 3.22. The number of amides is 2. The van der Waals surface area contributed by atoms with E-state index in [1.54, 1.807) is 11.0 Å². The summed E-state index contributed by atoms with van der Waals surface area (Å²) in [5.41, 5.74) is -0.160. The molecule has 0 spiro atoms. The lowest BCUT2D eigenvalue weighted by Gasteiger charge is -2.37. The van der Waals surface area contributed by atoms with Gasteiger partial charge in [-0.15, -0.1) is 11.3 Å². The van der Waals surface area contributed by atoms with Crippen LogP contribution in [0.4, 0.5) is 5.69 Å². The van der Waals surface area contributed by atoms with E-state index in [9.17, 15) is 24.6 Å². The van der Waals surface area contributed by atoms with E-state index in [4.69, 9.17) is 4.74 Å². The van der Waals surface area contributed by atoms with Gasteiger partial charge in [0.2, 0.25) is 11.8 Å². The van der Waals surface area contributed by atoms with E-state index < -0.39 is 24.5 Å². The number of rotatable bonds is 6. The highest BCUT2D eigenvalue weighted by molar-refractivity contribution is 7.15. The zero-order valence-electron chi connectivity index (χ0n) is 21.0. The SMILES string of the molecule is CC(C)(C)C#Cc1cc(N(C(=O)[C@H]2CC[C@H](C)CC2)[C@@H](CO)C(=O)N2CCOCC2)c(C(=O)O)s1. The molecule has 1 saturated heterocycles. The second-order valence-electron chi connectivity index (χ2n) is 10.4. The van der Waals surface area contributed by atoms with Crippen LogP contribution >= 0.6 is 11.3 Å². The smallest absolute Gasteiger partial charge is 0.348 e. The molecule has 1 saturated carbocycles. The first kappa shape index (κ1) is 27.2. The van der Waals surface area contributed by atoms with Crippen molar-refractivity contribution in [3.05, 3.63) is 15.8 Å². The highest BCUT2D eigenvalue weighted by Crippen LogP contribution is 2.36. The van der Waals surface area contributed by atoms with Crippen molar-refractivity contribution in [1.82, 2.24) is 4.90 Å². The molecule has 1 aliphatic carbocycles. The summed E-state index contributed by atoms with van der Waals surface area (Å²) in [6, 6.07) is 0.363. The van der Waals surface area contributed by atoms with Gasteiger partial charge in [-0.05, 0) is 58.4 Å². The number of anilines is 1. The minimum atomic E-state index is -1.21. The molecule has 1 atom stereocenters. The zero-order chi connectivity index (χ0) is 25.8. The van der Waals surface area contributed by atoms with Crippen molar-refractivity contribution in [1.29, 1.82) is 0 Å². The Kier molecular flexibility index (Phi) is 8.97. The first-order valence-electron chi connectivity index (χ1n) is 12.2. The molecular weight excluding hydrogens is 468 g/mol. The maximum atomic E-state index is 13.9. The van der Waals surface area contributed by atoms with Crippen molar-refractivity contribution >= 4 is 34.8 Å². The summed E-state index contributed by atoms with van der Waals surface area (Å²) < 4.78 is 5.34. The summed E-state index contributed by atoms with van der Waals surface area (Å²) in [5.74, 6) is 4.40. The Morgan fingerprint density at radius 2 is 1.83 bits per heavy atom. The third-order valence-electron chi connectivity index (χ3n) is 6.42. The van der Waals surface area contributed by atoms with Crippen molar-refractivity contribution < 1.29 is 29.3 Å². The van der Waals surface area contributed by atoms with Crippen LogP contribution in [0, 0.1) is 29.1 Å². The van der Waals surface area contributed by atoms with Gasteiger partial charge < -0.3 is 19.8 Å². The number of carbonyl (C=O) groups is 3. The van der Waals surface area contributed by atoms with Gasteiger partial charge in [0.15, 0.2) is 0 Å². The molecule has 2 N–H and O–H groups in total. The summed E-state index contributed by atoms with van der Waals surface area (Å²) in [6.07, 6.45) is 3.12. The van der Waals surface area contributed by atoms with Crippen LogP contribution in [0.25, 0.3) is 0 Å². The Morgan fingerprint density at radius 3 is 2.37 bits per heavy atom. The summed E-state index contributed by atoms with van der Waals surface area (Å²) in [5, 5.41) is 20.3. The van der Waals surface area contributed by atoms with E-state index in [2.05, 4.69) is 18.8 Å². The summed E-state index contributed by atoms with van der Waals surface area (Å²) in [4.78, 5) is 42.8. The number of morpholine rings is 1. The van der Waals surface area contributed by atoms with Crippen LogP contribution in [0.5, 0.6) is 0 Å². The van der Waals surface area contributed by atoms with Gasteiger partial charge in [0.25, 0.3) is 0 Å². The minimum Gasteiger partial charge on any atom is -0.477 e. The molecule has 2 heterocycles. The van der Waals surface area contributed by atoms with E-state index in [0.717, 1.165) is 24.2 Å². The number of aliphatic hydroxyl groups excluding tert-OH is 1. The fourth-order valence-electron chi connectivity index (χ4n) is 4.43. The third-order valence-corrected chi connectivity index (χ3v) is 7.45. The van der Waals surface area contributed by atoms with Crippen molar-refractivity contribution in [2.24, 2.45) is 17.3 Å². The van der Waals surface area contributed by atoms with E-state index in [1.165, 1.54) is 4.90 Å². The van der Waals surface area contributed by atoms with Crippen LogP contribution in [-0.2, 0) is 14.3 Å². The average molecular weight is 505 g/mol. The van der Waals surface area contributed by atoms with Gasteiger partial charge in [0.05, 0.1) is 30.4 Å². The maximum Gasteiger partial charge on any atom is 0.348 e. The molecule has 1 aromatic heterocycles. The Morgan fingerprint density at radius 1 is 1.20 bits per heavy atom. The number of ether oxygens (including phenoxy) is 1. The van der Waals surface area contributed by atoms with Crippen LogP contribution in [0.3, 0.4) is 0 Å². The molecular formula is C26H36N2O6S. The van der Waals surface area contributed by atoms with Crippen LogP contribution < -0.4 is 4.90 Å². The van der Waals surface area contributed by atoms with Crippen molar-refractivity contribution in [3.63, 3.8) is 0 Å². The topological polar surface area (TPSA) is 107 Å². The van der Waals surface area contributed by atoms with E-state index in [1.807, 2.05) is 20.8 Å². The first-order valence-corrected chi connectivity index (χ1v) is 13.0. The number of hydrogen-bond acceptors (Lipinski definition) is 6. The molecule has 2 aliphatic rings. The van der Waals surface area contributed by atoms with Crippen molar-refractivity contribution in [3.8, 4) is 11.8 Å². The fraction of sp³-hybridized carbons (Fsp3) is 0.654. The zero-order valence-corrected chi connectivity index (χ0v) is 21.8. The largest absolute Gasteiger partial charge is 0.477 e. The lowest BCUT2D eigenvalue weighted by Crippen LogP contribution is -2.56. The number of carboxylic acids is 1. The molecule has 0 unspecified atom stereocenters. The maximum absolute atomic E-state index is 13.9. The van der Waals surface area contributed by atoms with Gasteiger partial charge in [0, 0.05) is 24.4 Å². The van der Waals surface area contributed by atoms with Gasteiger partial charge in [-0.25, -0.2) is 4.79 Å². The van der Waals surface area contributed by atoms with Gasteiger partial charge in [0.1, 0.15) is 10.9 Å². The quantitative estimate of drug-likeness (QED) is 0.576. The highest BCUT2D eigenvalue weighted by Gasteiger charge is 2.40. The number of thiophene rings is 1. The number of carbonyl (C=O) groups excluding carboxylic acids is 2. The molecule has 35 heavy (non-hydrogen) atoms. The van der Waals surface area contributed by atoms with Crippen LogP contribution in [0.1, 0.15) is 67.9 Å². The molecule has 0 radical (unpaired) electrons. The Balaban J connectivity index is 2.07. The number of aliphatic hydroxyl groups is 1. The number of hydrogen-bond donors (Lipinski definition) is 2. The van der Waals surface area contributed by atoms with Gasteiger partial charge in [-0.1, -0.05) is 18.8 Å². The summed E-state index contributed by atoms with van der Waals surface area (Å²) >= 11 is 0.983. The number of carboxylic acid groups (broad SMARTS) is 1. The lowest BCUT2D eigenvalue weighted by atomic mass is 9.82. The van der Waals surface area contributed by atoms with Crippen LogP contribution in [0.15, 0.2) is 6.07 Å². The normalized spacial score (nSPS) is 21.6. The molecule has 3 rings (SSSR count). The Hall–Kier alpha value is -2.41. The molecule has 9 heteroatoms. The highest BCUT2D eigenvalue weighted by atomic mass is 32.1. The number of nitrogens with zero attached hydrogens (tertiary/aromatic N) is 2. The molecule has 0 bridgehead atoms.